The minimum absolute atomic E-state index is 0.186. The Balaban J connectivity index is 1.75. The van der Waals surface area contributed by atoms with Gasteiger partial charge in [0.15, 0.2) is 6.61 Å². The van der Waals surface area contributed by atoms with Gasteiger partial charge in [-0.25, -0.2) is 0 Å². The maximum atomic E-state index is 11.7. The van der Waals surface area contributed by atoms with Crippen molar-refractivity contribution in [1.29, 1.82) is 0 Å². The lowest BCUT2D eigenvalue weighted by molar-refractivity contribution is -0.123. The summed E-state index contributed by atoms with van der Waals surface area (Å²) < 4.78 is 10.2. The van der Waals surface area contributed by atoms with Crippen LogP contribution in [0.15, 0.2) is 47.1 Å². The molecule has 0 aliphatic carbocycles. The van der Waals surface area contributed by atoms with Gasteiger partial charge in [-0.15, -0.1) is 0 Å². The molecule has 0 atom stereocenters. The van der Waals surface area contributed by atoms with Crippen LogP contribution in [0.5, 0.6) is 5.75 Å². The summed E-state index contributed by atoms with van der Waals surface area (Å²) in [5.74, 6) is 0.171. The molecule has 2 aromatic rings. The summed E-state index contributed by atoms with van der Waals surface area (Å²) in [6.45, 7) is 1.48. The van der Waals surface area contributed by atoms with Gasteiger partial charge in [0.25, 0.3) is 11.8 Å². The lowest BCUT2D eigenvalue weighted by Crippen LogP contribution is -2.43. The maximum Gasteiger partial charge on any atom is 0.276 e. The molecule has 0 saturated carbocycles. The minimum atomic E-state index is -0.455. The van der Waals surface area contributed by atoms with Crippen LogP contribution in [0.2, 0.25) is 0 Å². The fourth-order valence-corrected chi connectivity index (χ4v) is 1.52. The van der Waals surface area contributed by atoms with E-state index < -0.39 is 11.8 Å². The van der Waals surface area contributed by atoms with Crippen molar-refractivity contribution in [2.24, 2.45) is 0 Å². The van der Waals surface area contributed by atoms with Crippen molar-refractivity contribution in [2.75, 3.05) is 6.61 Å². The smallest absolute Gasteiger partial charge is 0.276 e. The third-order valence-electron chi connectivity index (χ3n) is 2.53. The Morgan fingerprint density at radius 3 is 2.55 bits per heavy atom. The molecular weight excluding hydrogens is 260 g/mol. The first kappa shape index (κ1) is 13.7. The van der Waals surface area contributed by atoms with Gasteiger partial charge in [-0.05, 0) is 25.1 Å². The lowest BCUT2D eigenvalue weighted by atomic mass is 10.2. The Bertz CT molecular complexity index is 592. The maximum absolute atomic E-state index is 11.7. The van der Waals surface area contributed by atoms with Gasteiger partial charge >= 0.3 is 0 Å². The van der Waals surface area contributed by atoms with Gasteiger partial charge in [0.2, 0.25) is 0 Å². The van der Waals surface area contributed by atoms with Gasteiger partial charge in [0.1, 0.15) is 11.5 Å². The predicted molar refractivity (Wildman–Crippen MR) is 71.0 cm³/mol. The number of ether oxygens (including phenoxy) is 1. The molecule has 2 rings (SSSR count). The molecule has 104 valence electrons. The highest BCUT2D eigenvalue weighted by Gasteiger charge is 2.12. The molecule has 1 aromatic heterocycles. The summed E-state index contributed by atoms with van der Waals surface area (Å²) in [6.07, 6.45) is 1.41. The summed E-state index contributed by atoms with van der Waals surface area (Å²) in [7, 11) is 0. The van der Waals surface area contributed by atoms with E-state index in [2.05, 4.69) is 10.9 Å². The van der Waals surface area contributed by atoms with Gasteiger partial charge in [-0.3, -0.25) is 20.4 Å². The molecule has 0 radical (unpaired) electrons. The fraction of sp³-hybridized carbons (Fsp3) is 0.143. The van der Waals surface area contributed by atoms with E-state index in [1.54, 1.807) is 31.2 Å². The van der Waals surface area contributed by atoms with Crippen molar-refractivity contribution in [2.45, 2.75) is 6.92 Å². The summed E-state index contributed by atoms with van der Waals surface area (Å²) in [5, 5.41) is 0. The number of rotatable bonds is 4. The van der Waals surface area contributed by atoms with Crippen LogP contribution in [0.4, 0.5) is 0 Å². The molecule has 0 spiro atoms. The van der Waals surface area contributed by atoms with Crippen LogP contribution < -0.4 is 15.6 Å². The van der Waals surface area contributed by atoms with Crippen LogP contribution in [-0.2, 0) is 4.79 Å². The lowest BCUT2D eigenvalue weighted by Gasteiger charge is -2.08. The van der Waals surface area contributed by atoms with Crippen molar-refractivity contribution >= 4 is 11.8 Å². The fourth-order valence-electron chi connectivity index (χ4n) is 1.52. The number of furan rings is 1. The second-order valence-electron chi connectivity index (χ2n) is 3.99. The highest BCUT2D eigenvalue weighted by molar-refractivity contribution is 5.96. The Kier molecular flexibility index (Phi) is 4.39. The number of hydrazine groups is 1. The quantitative estimate of drug-likeness (QED) is 0.826. The number of para-hydroxylation sites is 1. The van der Waals surface area contributed by atoms with Gasteiger partial charge < -0.3 is 9.15 Å². The first-order chi connectivity index (χ1) is 9.66. The molecule has 0 bridgehead atoms. The van der Waals surface area contributed by atoms with Crippen LogP contribution in [0.25, 0.3) is 0 Å². The molecule has 0 aliphatic rings. The van der Waals surface area contributed by atoms with Crippen LogP contribution >= 0.6 is 0 Å². The zero-order valence-corrected chi connectivity index (χ0v) is 10.9. The zero-order valence-electron chi connectivity index (χ0n) is 10.9. The van der Waals surface area contributed by atoms with E-state index in [1.807, 2.05) is 6.07 Å². The largest absolute Gasteiger partial charge is 0.484 e. The molecule has 6 heteroatoms. The summed E-state index contributed by atoms with van der Waals surface area (Å²) in [4.78, 5) is 23.2. The molecule has 20 heavy (non-hydrogen) atoms. The number of carbonyl (C=O) groups excluding carboxylic acids is 2. The molecular formula is C14H14N2O4. The number of aryl methyl sites for hydroxylation is 1. The molecule has 0 fully saturated rings. The molecule has 1 heterocycles. The van der Waals surface area contributed by atoms with E-state index in [0.29, 0.717) is 17.1 Å². The average molecular weight is 274 g/mol. The van der Waals surface area contributed by atoms with E-state index in [9.17, 15) is 9.59 Å². The number of hydrogen-bond acceptors (Lipinski definition) is 4. The second kappa shape index (κ2) is 6.42. The molecule has 2 amide bonds. The third kappa shape index (κ3) is 3.61. The first-order valence-corrected chi connectivity index (χ1v) is 5.98. The monoisotopic (exact) mass is 274 g/mol. The molecule has 0 unspecified atom stereocenters. The number of benzene rings is 1. The minimum Gasteiger partial charge on any atom is -0.484 e. The molecule has 2 N–H and O–H groups in total. The SMILES string of the molecule is Cc1occc1C(=O)NNC(=O)COc1ccccc1. The number of carbonyl (C=O) groups is 2. The number of hydrogen-bond donors (Lipinski definition) is 2. The third-order valence-corrected chi connectivity index (χ3v) is 2.53. The van der Waals surface area contributed by atoms with Crippen LogP contribution in [0.3, 0.4) is 0 Å². The zero-order chi connectivity index (χ0) is 14.4. The summed E-state index contributed by atoms with van der Waals surface area (Å²) >= 11 is 0. The Morgan fingerprint density at radius 1 is 1.15 bits per heavy atom. The number of nitrogens with one attached hydrogen (secondary N) is 2. The normalized spacial score (nSPS) is 9.85. The second-order valence-corrected chi connectivity index (χ2v) is 3.99. The van der Waals surface area contributed by atoms with E-state index in [1.165, 1.54) is 12.3 Å². The van der Waals surface area contributed by atoms with Gasteiger partial charge in [0, 0.05) is 0 Å². The van der Waals surface area contributed by atoms with Crippen molar-refractivity contribution in [3.8, 4) is 5.75 Å². The highest BCUT2D eigenvalue weighted by atomic mass is 16.5. The topological polar surface area (TPSA) is 80.6 Å². The van der Waals surface area contributed by atoms with E-state index in [0.717, 1.165) is 0 Å². The average Bonchev–Trinajstić information content (AvgIpc) is 2.90. The van der Waals surface area contributed by atoms with E-state index in [4.69, 9.17) is 9.15 Å². The molecule has 6 nitrogen and oxygen atoms in total. The summed E-state index contributed by atoms with van der Waals surface area (Å²) in [6, 6.07) is 10.5. The summed E-state index contributed by atoms with van der Waals surface area (Å²) in [5.41, 5.74) is 4.92. The van der Waals surface area contributed by atoms with Gasteiger partial charge in [0.05, 0.1) is 11.8 Å². The van der Waals surface area contributed by atoms with Crippen LogP contribution in [-0.4, -0.2) is 18.4 Å². The molecule has 0 saturated heterocycles. The highest BCUT2D eigenvalue weighted by Crippen LogP contribution is 2.08. The van der Waals surface area contributed by atoms with Crippen molar-refractivity contribution in [3.63, 3.8) is 0 Å². The molecule has 0 aliphatic heterocycles. The van der Waals surface area contributed by atoms with Crippen molar-refractivity contribution < 1.29 is 18.7 Å². The van der Waals surface area contributed by atoms with Gasteiger partial charge in [-0.1, -0.05) is 18.2 Å². The standard InChI is InChI=1S/C14H14N2O4/c1-10-12(7-8-19-10)14(18)16-15-13(17)9-20-11-5-3-2-4-6-11/h2-8H,9H2,1H3,(H,15,17)(H,16,18). The van der Waals surface area contributed by atoms with Crippen LogP contribution in [0.1, 0.15) is 16.1 Å². The van der Waals surface area contributed by atoms with Crippen LogP contribution in [0, 0.1) is 6.92 Å². The van der Waals surface area contributed by atoms with Crippen molar-refractivity contribution in [3.05, 3.63) is 54.0 Å². The Labute approximate surface area is 115 Å². The predicted octanol–water partition coefficient (Wildman–Crippen LogP) is 1.43. The Morgan fingerprint density at radius 2 is 1.90 bits per heavy atom. The first-order valence-electron chi connectivity index (χ1n) is 5.98. The Hall–Kier alpha value is -2.76. The van der Waals surface area contributed by atoms with Crippen molar-refractivity contribution in [1.82, 2.24) is 10.9 Å². The van der Waals surface area contributed by atoms with E-state index in [-0.39, 0.29) is 6.61 Å². The number of amides is 2. The van der Waals surface area contributed by atoms with Gasteiger partial charge in [-0.2, -0.15) is 0 Å². The molecule has 1 aromatic carbocycles. The van der Waals surface area contributed by atoms with E-state index >= 15 is 0 Å².